The quantitative estimate of drug-likeness (QED) is 0.706. The number of carbonyl (C=O) groups excluding carboxylic acids is 1. The molecule has 1 aromatic heterocycles. The summed E-state index contributed by atoms with van der Waals surface area (Å²) in [6.07, 6.45) is 1.23. The van der Waals surface area contributed by atoms with E-state index >= 15 is 0 Å². The summed E-state index contributed by atoms with van der Waals surface area (Å²) in [5, 5.41) is 0. The van der Waals surface area contributed by atoms with Gasteiger partial charge in [-0.1, -0.05) is 60.7 Å². The van der Waals surface area contributed by atoms with Gasteiger partial charge in [0.2, 0.25) is 17.8 Å². The Morgan fingerprint density at radius 2 is 1.57 bits per heavy atom. The van der Waals surface area contributed by atoms with Crippen LogP contribution in [0, 0.1) is 0 Å². The first-order valence-corrected chi connectivity index (χ1v) is 10.0. The van der Waals surface area contributed by atoms with Gasteiger partial charge in [0, 0.05) is 32.5 Å². The van der Waals surface area contributed by atoms with Crippen LogP contribution in [0.2, 0.25) is 0 Å². The van der Waals surface area contributed by atoms with Crippen LogP contribution in [0.5, 0.6) is 0 Å². The van der Waals surface area contributed by atoms with Crippen LogP contribution in [0.15, 0.2) is 60.7 Å². The van der Waals surface area contributed by atoms with Gasteiger partial charge < -0.3 is 15.5 Å². The number of amides is 1. The van der Waals surface area contributed by atoms with E-state index in [9.17, 15) is 4.79 Å². The lowest BCUT2D eigenvalue weighted by atomic mass is 9.69. The number of anilines is 2. The molecule has 7 heteroatoms. The molecule has 0 saturated carbocycles. The second-order valence-electron chi connectivity index (χ2n) is 7.87. The molecule has 0 aliphatic carbocycles. The first-order chi connectivity index (χ1) is 14.5. The van der Waals surface area contributed by atoms with E-state index in [1.54, 1.807) is 4.90 Å². The molecule has 3 aromatic rings. The zero-order valence-corrected chi connectivity index (χ0v) is 17.3. The van der Waals surface area contributed by atoms with E-state index in [-0.39, 0.29) is 17.3 Å². The lowest BCUT2D eigenvalue weighted by molar-refractivity contribution is -0.135. The summed E-state index contributed by atoms with van der Waals surface area (Å²) in [4.78, 5) is 29.4. The molecule has 4 rings (SSSR count). The topological polar surface area (TPSA) is 88.2 Å². The van der Waals surface area contributed by atoms with Gasteiger partial charge in [0.05, 0.1) is 6.54 Å². The van der Waals surface area contributed by atoms with Crippen molar-refractivity contribution in [1.29, 1.82) is 0 Å². The van der Waals surface area contributed by atoms with E-state index < -0.39 is 0 Å². The lowest BCUT2D eigenvalue weighted by Gasteiger charge is -2.43. The average molecular weight is 403 g/mol. The summed E-state index contributed by atoms with van der Waals surface area (Å²) >= 11 is 0. The molecule has 154 valence electrons. The van der Waals surface area contributed by atoms with Gasteiger partial charge in [0.15, 0.2) is 5.82 Å². The van der Waals surface area contributed by atoms with Crippen molar-refractivity contribution in [3.05, 3.63) is 77.6 Å². The third-order valence-electron chi connectivity index (χ3n) is 5.65. The Labute approximate surface area is 176 Å². The first-order valence-electron chi connectivity index (χ1n) is 10.0. The van der Waals surface area contributed by atoms with Crippen molar-refractivity contribution < 1.29 is 4.79 Å². The van der Waals surface area contributed by atoms with Crippen molar-refractivity contribution in [3.63, 3.8) is 0 Å². The molecule has 7 nitrogen and oxygen atoms in total. The van der Waals surface area contributed by atoms with Gasteiger partial charge in [-0.05, 0) is 17.5 Å². The Morgan fingerprint density at radius 1 is 0.967 bits per heavy atom. The van der Waals surface area contributed by atoms with Crippen molar-refractivity contribution >= 4 is 17.8 Å². The molecule has 1 aliphatic rings. The van der Waals surface area contributed by atoms with E-state index in [0.717, 1.165) is 6.42 Å². The zero-order valence-electron chi connectivity index (χ0n) is 17.3. The molecular weight excluding hydrogens is 376 g/mol. The summed E-state index contributed by atoms with van der Waals surface area (Å²) in [7, 11) is 3.70. The molecular formula is C23H26N6O. The molecule has 0 atom stereocenters. The number of carbonyl (C=O) groups is 1. The maximum Gasteiger partial charge on any atom is 0.229 e. The molecule has 1 aliphatic heterocycles. The molecule has 1 saturated heterocycles. The van der Waals surface area contributed by atoms with Crippen LogP contribution in [0.1, 0.15) is 29.8 Å². The Kier molecular flexibility index (Phi) is 5.35. The molecule has 0 radical (unpaired) electrons. The molecule has 30 heavy (non-hydrogen) atoms. The van der Waals surface area contributed by atoms with Crippen LogP contribution >= 0.6 is 0 Å². The Hall–Kier alpha value is -3.48. The normalized spacial score (nSPS) is 15.8. The van der Waals surface area contributed by atoms with Gasteiger partial charge >= 0.3 is 0 Å². The number of nitrogens with two attached hydrogens (primary N) is 1. The molecule has 2 heterocycles. The fourth-order valence-electron chi connectivity index (χ4n) is 4.13. The Morgan fingerprint density at radius 3 is 2.13 bits per heavy atom. The zero-order chi connectivity index (χ0) is 21.1. The fourth-order valence-corrected chi connectivity index (χ4v) is 4.13. The molecule has 2 N–H and O–H groups in total. The predicted octanol–water partition coefficient (Wildman–Crippen LogP) is 2.63. The number of likely N-dealkylation sites (tertiary alicyclic amines) is 1. The number of piperidine rings is 1. The highest BCUT2D eigenvalue weighted by molar-refractivity contribution is 5.78. The molecule has 1 fully saturated rings. The molecule has 1 amide bonds. The maximum atomic E-state index is 12.9. The number of hydrogen-bond acceptors (Lipinski definition) is 6. The summed E-state index contributed by atoms with van der Waals surface area (Å²) in [5.74, 6) is 1.24. The second-order valence-corrected chi connectivity index (χ2v) is 7.87. The van der Waals surface area contributed by atoms with E-state index in [1.165, 1.54) is 11.1 Å². The largest absolute Gasteiger partial charge is 0.368 e. The van der Waals surface area contributed by atoms with Crippen molar-refractivity contribution in [3.8, 4) is 0 Å². The minimum absolute atomic E-state index is 0.0999. The fraction of sp³-hybridized carbons (Fsp3) is 0.304. The van der Waals surface area contributed by atoms with Gasteiger partial charge in [-0.15, -0.1) is 0 Å². The molecule has 0 unspecified atom stereocenters. The first kappa shape index (κ1) is 19.8. The van der Waals surface area contributed by atoms with E-state index in [4.69, 9.17) is 5.73 Å². The standard InChI is InChI=1S/C23H26N6O/c1-28(2)22-26-19(25-21(24)27-22)15-29-16-23(14-13-20(29)30,17-9-5-3-6-10-17)18-11-7-4-8-12-18/h3-12H,13-16H2,1-2H3,(H2,24,25,26,27). The van der Waals surface area contributed by atoms with E-state index in [0.29, 0.717) is 31.3 Å². The van der Waals surface area contributed by atoms with Gasteiger partial charge in [-0.25, -0.2) is 0 Å². The number of benzene rings is 2. The van der Waals surface area contributed by atoms with Crippen LogP contribution in [0.3, 0.4) is 0 Å². The van der Waals surface area contributed by atoms with Crippen molar-refractivity contribution in [2.45, 2.75) is 24.8 Å². The SMILES string of the molecule is CN(C)c1nc(N)nc(CN2CC(c3ccccc3)(c3ccccc3)CCC2=O)n1. The number of nitrogen functional groups attached to an aromatic ring is 1. The summed E-state index contributed by atoms with van der Waals surface area (Å²) in [5.41, 5.74) is 8.01. The lowest BCUT2D eigenvalue weighted by Crippen LogP contribution is -2.49. The summed E-state index contributed by atoms with van der Waals surface area (Å²) in [6, 6.07) is 20.8. The van der Waals surface area contributed by atoms with Crippen molar-refractivity contribution in [1.82, 2.24) is 19.9 Å². The highest BCUT2D eigenvalue weighted by atomic mass is 16.2. The van der Waals surface area contributed by atoms with Crippen molar-refractivity contribution in [2.24, 2.45) is 0 Å². The molecule has 0 spiro atoms. The average Bonchev–Trinajstić information content (AvgIpc) is 2.76. The number of hydrogen-bond donors (Lipinski definition) is 1. The Balaban J connectivity index is 1.71. The van der Waals surface area contributed by atoms with Gasteiger partial charge in [-0.2, -0.15) is 15.0 Å². The number of aromatic nitrogens is 3. The number of nitrogens with zero attached hydrogens (tertiary/aromatic N) is 5. The minimum Gasteiger partial charge on any atom is -0.368 e. The minimum atomic E-state index is -0.278. The van der Waals surface area contributed by atoms with Crippen LogP contribution < -0.4 is 10.6 Å². The summed E-state index contributed by atoms with van der Waals surface area (Å²) in [6.45, 7) is 0.858. The van der Waals surface area contributed by atoms with E-state index in [2.05, 4.69) is 63.5 Å². The summed E-state index contributed by atoms with van der Waals surface area (Å²) < 4.78 is 0. The van der Waals surface area contributed by atoms with Crippen LogP contribution in [-0.4, -0.2) is 46.4 Å². The highest BCUT2D eigenvalue weighted by Gasteiger charge is 2.41. The Bertz CT molecular complexity index is 983. The van der Waals surface area contributed by atoms with E-state index in [1.807, 2.05) is 31.1 Å². The monoisotopic (exact) mass is 402 g/mol. The van der Waals surface area contributed by atoms with Crippen LogP contribution in [0.4, 0.5) is 11.9 Å². The van der Waals surface area contributed by atoms with Crippen LogP contribution in [-0.2, 0) is 16.8 Å². The third kappa shape index (κ3) is 3.83. The van der Waals surface area contributed by atoms with Gasteiger partial charge in [0.25, 0.3) is 0 Å². The number of rotatable bonds is 5. The molecule has 0 bridgehead atoms. The third-order valence-corrected chi connectivity index (χ3v) is 5.65. The molecule has 2 aromatic carbocycles. The van der Waals surface area contributed by atoms with Crippen LogP contribution in [0.25, 0.3) is 0 Å². The smallest absolute Gasteiger partial charge is 0.229 e. The predicted molar refractivity (Wildman–Crippen MR) is 117 cm³/mol. The second kappa shape index (κ2) is 8.10. The maximum absolute atomic E-state index is 12.9. The highest BCUT2D eigenvalue weighted by Crippen LogP contribution is 2.41. The van der Waals surface area contributed by atoms with Gasteiger partial charge in [0.1, 0.15) is 0 Å². The van der Waals surface area contributed by atoms with Crippen molar-refractivity contribution in [2.75, 3.05) is 31.3 Å². The van der Waals surface area contributed by atoms with Gasteiger partial charge in [-0.3, -0.25) is 4.79 Å².